The zero-order valence-electron chi connectivity index (χ0n) is 12.5. The number of ether oxygens (including phenoxy) is 2. The summed E-state index contributed by atoms with van der Waals surface area (Å²) < 4.78 is 22.6. The zero-order chi connectivity index (χ0) is 17.7. The Labute approximate surface area is 135 Å². The van der Waals surface area contributed by atoms with Gasteiger partial charge in [0.25, 0.3) is 5.69 Å². The summed E-state index contributed by atoms with van der Waals surface area (Å²) in [5, 5.41) is 10.8. The maximum absolute atomic E-state index is 12.8. The first kappa shape index (κ1) is 17.1. The fraction of sp³-hybridized carbons (Fsp3) is 0.125. The van der Waals surface area contributed by atoms with Crippen molar-refractivity contribution in [1.29, 1.82) is 0 Å². The highest BCUT2D eigenvalue weighted by Crippen LogP contribution is 2.24. The minimum absolute atomic E-state index is 0.0832. The summed E-state index contributed by atoms with van der Waals surface area (Å²) in [5.74, 6) is -1.89. The van der Waals surface area contributed by atoms with Crippen molar-refractivity contribution in [2.24, 2.45) is 0 Å². The smallest absolute Gasteiger partial charge is 0.342 e. The highest BCUT2D eigenvalue weighted by atomic mass is 19.1. The number of ketones is 1. The quantitative estimate of drug-likeness (QED) is 0.349. The number of benzene rings is 2. The Morgan fingerprint density at radius 2 is 1.83 bits per heavy atom. The molecule has 0 fully saturated rings. The van der Waals surface area contributed by atoms with E-state index in [9.17, 15) is 24.1 Å². The van der Waals surface area contributed by atoms with E-state index in [1.807, 2.05) is 0 Å². The van der Waals surface area contributed by atoms with E-state index in [0.29, 0.717) is 0 Å². The molecule has 0 saturated carbocycles. The van der Waals surface area contributed by atoms with Crippen molar-refractivity contribution in [3.63, 3.8) is 0 Å². The molecule has 24 heavy (non-hydrogen) atoms. The van der Waals surface area contributed by atoms with Gasteiger partial charge in [-0.25, -0.2) is 9.18 Å². The Morgan fingerprint density at radius 1 is 1.17 bits per heavy atom. The maximum Gasteiger partial charge on any atom is 0.342 e. The number of nitro benzene ring substituents is 1. The van der Waals surface area contributed by atoms with E-state index < -0.39 is 29.1 Å². The highest BCUT2D eigenvalue weighted by Gasteiger charge is 2.20. The van der Waals surface area contributed by atoms with Gasteiger partial charge in [-0.3, -0.25) is 14.9 Å². The lowest BCUT2D eigenvalue weighted by Gasteiger charge is -2.08. The van der Waals surface area contributed by atoms with Gasteiger partial charge in [0.05, 0.1) is 12.0 Å². The van der Waals surface area contributed by atoms with Crippen LogP contribution in [0, 0.1) is 15.9 Å². The number of carbonyl (C=O) groups excluding carboxylic acids is 2. The van der Waals surface area contributed by atoms with Gasteiger partial charge in [-0.2, -0.15) is 0 Å². The van der Waals surface area contributed by atoms with E-state index in [4.69, 9.17) is 9.47 Å². The van der Waals surface area contributed by atoms with Crippen LogP contribution in [-0.4, -0.2) is 30.4 Å². The average Bonchev–Trinajstić information content (AvgIpc) is 2.59. The number of rotatable bonds is 6. The molecule has 0 heterocycles. The first-order valence-electron chi connectivity index (χ1n) is 6.70. The third-order valence-corrected chi connectivity index (χ3v) is 3.11. The number of nitrogens with zero attached hydrogens (tertiary/aromatic N) is 1. The van der Waals surface area contributed by atoms with Crippen molar-refractivity contribution in [3.05, 3.63) is 69.5 Å². The Morgan fingerprint density at radius 3 is 2.42 bits per heavy atom. The fourth-order valence-corrected chi connectivity index (χ4v) is 1.90. The molecule has 0 bridgehead atoms. The van der Waals surface area contributed by atoms with Crippen LogP contribution < -0.4 is 4.74 Å². The van der Waals surface area contributed by atoms with Crippen LogP contribution in [0.1, 0.15) is 20.7 Å². The second-order valence-corrected chi connectivity index (χ2v) is 4.65. The molecule has 0 N–H and O–H groups in total. The normalized spacial score (nSPS) is 10.1. The molecule has 2 aromatic carbocycles. The molecule has 0 unspecified atom stereocenters. The van der Waals surface area contributed by atoms with Crippen LogP contribution in [0.5, 0.6) is 5.75 Å². The van der Waals surface area contributed by atoms with Crippen LogP contribution in [0.15, 0.2) is 42.5 Å². The minimum Gasteiger partial charge on any atom is -0.496 e. The van der Waals surface area contributed by atoms with E-state index in [1.165, 1.54) is 31.4 Å². The van der Waals surface area contributed by atoms with Crippen molar-refractivity contribution in [2.75, 3.05) is 13.7 Å². The number of hydrogen-bond donors (Lipinski definition) is 0. The van der Waals surface area contributed by atoms with Gasteiger partial charge in [-0.05, 0) is 30.3 Å². The Kier molecular flexibility index (Phi) is 5.20. The predicted octanol–water partition coefficient (Wildman–Crippen LogP) is 2.78. The van der Waals surface area contributed by atoms with E-state index in [1.54, 1.807) is 0 Å². The summed E-state index contributed by atoms with van der Waals surface area (Å²) in [4.78, 5) is 34.0. The lowest BCUT2D eigenvalue weighted by atomic mass is 10.1. The van der Waals surface area contributed by atoms with Gasteiger partial charge in [0.15, 0.2) is 12.4 Å². The highest BCUT2D eigenvalue weighted by molar-refractivity contribution is 6.00. The average molecular weight is 333 g/mol. The number of nitro groups is 1. The third kappa shape index (κ3) is 3.92. The molecule has 0 atom stereocenters. The first-order valence-corrected chi connectivity index (χ1v) is 6.70. The Balaban J connectivity index is 2.11. The second-order valence-electron chi connectivity index (χ2n) is 4.65. The van der Waals surface area contributed by atoms with Crippen LogP contribution in [0.4, 0.5) is 10.1 Å². The summed E-state index contributed by atoms with van der Waals surface area (Å²) in [6, 6.07) is 8.19. The molecule has 0 aromatic heterocycles. The van der Waals surface area contributed by atoms with E-state index >= 15 is 0 Å². The summed E-state index contributed by atoms with van der Waals surface area (Å²) >= 11 is 0. The molecule has 8 heteroatoms. The number of hydrogen-bond acceptors (Lipinski definition) is 6. The van der Waals surface area contributed by atoms with Crippen molar-refractivity contribution < 1.29 is 28.4 Å². The van der Waals surface area contributed by atoms with E-state index in [2.05, 4.69) is 0 Å². The van der Waals surface area contributed by atoms with Crippen LogP contribution in [0.25, 0.3) is 0 Å². The summed E-state index contributed by atoms with van der Waals surface area (Å²) in [7, 11) is 1.29. The predicted molar refractivity (Wildman–Crippen MR) is 80.7 cm³/mol. The topological polar surface area (TPSA) is 95.7 Å². The molecule has 124 valence electrons. The number of methoxy groups -OCH3 is 1. The number of Topliss-reactive ketones (excluding diaryl/α,β-unsaturated/α-hetero) is 1. The first-order chi connectivity index (χ1) is 11.4. The SMILES string of the molecule is COc1ccc([N+](=O)[O-])cc1C(=O)OCC(=O)c1ccc(F)cc1. The molecule has 0 aliphatic rings. The van der Waals surface area contributed by atoms with Crippen molar-refractivity contribution in [2.45, 2.75) is 0 Å². The molecule has 2 aromatic rings. The van der Waals surface area contributed by atoms with Gasteiger partial charge in [0, 0.05) is 17.7 Å². The van der Waals surface area contributed by atoms with Gasteiger partial charge in [-0.1, -0.05) is 0 Å². The molecule has 0 spiro atoms. The molecular weight excluding hydrogens is 321 g/mol. The van der Waals surface area contributed by atoms with E-state index in [0.717, 1.165) is 18.2 Å². The Bertz CT molecular complexity index is 788. The standard InChI is InChI=1S/C16H12FNO6/c1-23-15-7-6-12(18(21)22)8-13(15)16(20)24-9-14(19)10-2-4-11(17)5-3-10/h2-8H,9H2,1H3. The molecule has 2 rings (SSSR count). The Hall–Kier alpha value is -3.29. The van der Waals surface area contributed by atoms with Crippen LogP contribution in [0.3, 0.4) is 0 Å². The van der Waals surface area contributed by atoms with Crippen molar-refractivity contribution in [3.8, 4) is 5.75 Å². The summed E-state index contributed by atoms with van der Waals surface area (Å²) in [5.41, 5.74) is -0.304. The second kappa shape index (κ2) is 7.32. The molecule has 0 radical (unpaired) electrons. The van der Waals surface area contributed by atoms with Gasteiger partial charge in [0.1, 0.15) is 17.1 Å². The molecule has 0 saturated heterocycles. The molecule has 7 nitrogen and oxygen atoms in total. The number of esters is 1. The van der Waals surface area contributed by atoms with Gasteiger partial charge in [-0.15, -0.1) is 0 Å². The zero-order valence-corrected chi connectivity index (χ0v) is 12.5. The van der Waals surface area contributed by atoms with Gasteiger partial charge in [0.2, 0.25) is 0 Å². The van der Waals surface area contributed by atoms with E-state index in [-0.39, 0.29) is 22.6 Å². The number of halogens is 1. The lowest BCUT2D eigenvalue weighted by Crippen LogP contribution is -2.15. The summed E-state index contributed by atoms with van der Waals surface area (Å²) in [6.07, 6.45) is 0. The molecule has 0 aliphatic heterocycles. The number of non-ortho nitro benzene ring substituents is 1. The third-order valence-electron chi connectivity index (χ3n) is 3.11. The number of carbonyl (C=O) groups is 2. The van der Waals surface area contributed by atoms with Crippen LogP contribution in [0.2, 0.25) is 0 Å². The van der Waals surface area contributed by atoms with Gasteiger partial charge < -0.3 is 9.47 Å². The minimum atomic E-state index is -0.939. The van der Waals surface area contributed by atoms with Crippen molar-refractivity contribution in [1.82, 2.24) is 0 Å². The fourth-order valence-electron chi connectivity index (χ4n) is 1.90. The molecule has 0 aliphatic carbocycles. The molecule has 0 amide bonds. The van der Waals surface area contributed by atoms with Crippen LogP contribution in [-0.2, 0) is 4.74 Å². The van der Waals surface area contributed by atoms with Crippen molar-refractivity contribution >= 4 is 17.4 Å². The largest absolute Gasteiger partial charge is 0.496 e. The maximum atomic E-state index is 12.8. The monoisotopic (exact) mass is 333 g/mol. The van der Waals surface area contributed by atoms with Gasteiger partial charge >= 0.3 is 5.97 Å². The molecular formula is C16H12FNO6. The lowest BCUT2D eigenvalue weighted by molar-refractivity contribution is -0.384. The summed E-state index contributed by atoms with van der Waals surface area (Å²) in [6.45, 7) is -0.587. The van der Waals surface area contributed by atoms with Crippen LogP contribution >= 0.6 is 0 Å².